The minimum absolute atomic E-state index is 0.148. The molecule has 2 rings (SSSR count). The molecule has 1 saturated carbocycles. The van der Waals surface area contributed by atoms with Crippen molar-refractivity contribution in [3.8, 4) is 5.75 Å². The first-order valence-corrected chi connectivity index (χ1v) is 7.59. The number of carbonyl (C=O) groups is 1. The van der Waals surface area contributed by atoms with Gasteiger partial charge in [0.1, 0.15) is 11.3 Å². The summed E-state index contributed by atoms with van der Waals surface area (Å²) >= 11 is 3.36. The normalized spacial score (nSPS) is 23.1. The highest BCUT2D eigenvalue weighted by Crippen LogP contribution is 2.31. The van der Waals surface area contributed by atoms with Gasteiger partial charge in [0.25, 0.3) is 0 Å². The predicted molar refractivity (Wildman–Crippen MR) is 77.8 cm³/mol. The highest BCUT2D eigenvalue weighted by molar-refractivity contribution is 9.10. The Morgan fingerprint density at radius 1 is 1.37 bits per heavy atom. The highest BCUT2D eigenvalue weighted by atomic mass is 79.9. The van der Waals surface area contributed by atoms with E-state index in [2.05, 4.69) is 22.9 Å². The molecule has 104 valence electrons. The fourth-order valence-electron chi connectivity index (χ4n) is 2.61. The number of halogens is 1. The predicted octanol–water partition coefficient (Wildman–Crippen LogP) is 4.49. The van der Waals surface area contributed by atoms with Crippen LogP contribution in [0.5, 0.6) is 5.75 Å². The fraction of sp³-hybridized carbons (Fsp3) is 0.533. The van der Waals surface area contributed by atoms with Crippen LogP contribution in [0.3, 0.4) is 0 Å². The Kier molecular flexibility index (Phi) is 4.86. The maximum Gasteiger partial charge on any atom is 0.339 e. The van der Waals surface area contributed by atoms with Gasteiger partial charge in [-0.05, 0) is 49.8 Å². The summed E-state index contributed by atoms with van der Waals surface area (Å²) in [6.07, 6.45) is 5.77. The van der Waals surface area contributed by atoms with Crippen molar-refractivity contribution in [3.63, 3.8) is 0 Å². The van der Waals surface area contributed by atoms with E-state index in [1.165, 1.54) is 19.3 Å². The lowest BCUT2D eigenvalue weighted by molar-refractivity contribution is 0.0683. The summed E-state index contributed by atoms with van der Waals surface area (Å²) in [6, 6.07) is 5.05. The Labute approximate surface area is 122 Å². The zero-order valence-corrected chi connectivity index (χ0v) is 12.6. The average Bonchev–Trinajstić information content (AvgIpc) is 2.39. The standard InChI is InChI=1S/C15H19BrO3/c1-2-10-3-6-12(7-4-10)19-14-9-11(16)5-8-13(14)15(17)18/h5,8-10,12H,2-4,6-7H2,1H3,(H,17,18). The average molecular weight is 327 g/mol. The molecule has 19 heavy (non-hydrogen) atoms. The molecule has 3 nitrogen and oxygen atoms in total. The maximum absolute atomic E-state index is 11.2. The lowest BCUT2D eigenvalue weighted by Crippen LogP contribution is -2.24. The summed E-state index contributed by atoms with van der Waals surface area (Å²) in [5.74, 6) is 0.341. The molecule has 1 N–H and O–H groups in total. The van der Waals surface area contributed by atoms with Gasteiger partial charge in [-0.2, -0.15) is 0 Å². The van der Waals surface area contributed by atoms with Crippen molar-refractivity contribution in [1.82, 2.24) is 0 Å². The van der Waals surface area contributed by atoms with Crippen molar-refractivity contribution in [2.24, 2.45) is 5.92 Å². The zero-order chi connectivity index (χ0) is 13.8. The minimum atomic E-state index is -0.940. The molecule has 0 unspecified atom stereocenters. The largest absolute Gasteiger partial charge is 0.489 e. The van der Waals surface area contributed by atoms with Crippen LogP contribution in [0.1, 0.15) is 49.4 Å². The third-order valence-electron chi connectivity index (χ3n) is 3.84. The van der Waals surface area contributed by atoms with Crippen LogP contribution >= 0.6 is 15.9 Å². The Bertz CT molecular complexity index is 451. The zero-order valence-electron chi connectivity index (χ0n) is 11.1. The first kappa shape index (κ1) is 14.4. The van der Waals surface area contributed by atoms with Gasteiger partial charge in [0, 0.05) is 4.47 Å². The molecule has 0 heterocycles. The number of hydrogen-bond acceptors (Lipinski definition) is 2. The fourth-order valence-corrected chi connectivity index (χ4v) is 2.95. The van der Waals surface area contributed by atoms with Crippen molar-refractivity contribution >= 4 is 21.9 Å². The topological polar surface area (TPSA) is 46.5 Å². The van der Waals surface area contributed by atoms with E-state index in [-0.39, 0.29) is 11.7 Å². The summed E-state index contributed by atoms with van der Waals surface area (Å²) in [6.45, 7) is 2.22. The van der Waals surface area contributed by atoms with E-state index in [1.54, 1.807) is 18.2 Å². The molecule has 1 aliphatic rings. The third-order valence-corrected chi connectivity index (χ3v) is 4.33. The second-order valence-electron chi connectivity index (χ2n) is 5.11. The Hall–Kier alpha value is -1.03. The lowest BCUT2D eigenvalue weighted by atomic mass is 9.86. The monoisotopic (exact) mass is 326 g/mol. The van der Waals surface area contributed by atoms with E-state index in [9.17, 15) is 9.90 Å². The molecular formula is C15H19BrO3. The molecule has 1 aromatic rings. The van der Waals surface area contributed by atoms with Crippen LogP contribution in [0.15, 0.2) is 22.7 Å². The summed E-state index contributed by atoms with van der Waals surface area (Å²) in [5, 5.41) is 9.17. The molecular weight excluding hydrogens is 308 g/mol. The van der Waals surface area contributed by atoms with Gasteiger partial charge in [-0.1, -0.05) is 29.3 Å². The van der Waals surface area contributed by atoms with Gasteiger partial charge in [0.2, 0.25) is 0 Å². The molecule has 0 saturated heterocycles. The number of rotatable bonds is 4. The van der Waals surface area contributed by atoms with Crippen LogP contribution < -0.4 is 4.74 Å². The third kappa shape index (κ3) is 3.72. The molecule has 0 radical (unpaired) electrons. The van der Waals surface area contributed by atoms with Gasteiger partial charge in [0.05, 0.1) is 6.10 Å². The van der Waals surface area contributed by atoms with Gasteiger partial charge < -0.3 is 9.84 Å². The van der Waals surface area contributed by atoms with Crippen LogP contribution in [0, 0.1) is 5.92 Å². The molecule has 0 amide bonds. The second kappa shape index (κ2) is 6.42. The van der Waals surface area contributed by atoms with Gasteiger partial charge in [-0.15, -0.1) is 0 Å². The van der Waals surface area contributed by atoms with E-state index >= 15 is 0 Å². The smallest absolute Gasteiger partial charge is 0.339 e. The molecule has 0 spiro atoms. The van der Waals surface area contributed by atoms with E-state index in [0.717, 1.165) is 23.2 Å². The quantitative estimate of drug-likeness (QED) is 0.886. The lowest BCUT2D eigenvalue weighted by Gasteiger charge is -2.28. The number of hydrogen-bond donors (Lipinski definition) is 1. The van der Waals surface area contributed by atoms with Crippen molar-refractivity contribution in [1.29, 1.82) is 0 Å². The molecule has 0 aromatic heterocycles. The molecule has 4 heteroatoms. The van der Waals surface area contributed by atoms with Crippen molar-refractivity contribution < 1.29 is 14.6 Å². The number of carboxylic acid groups (broad SMARTS) is 1. The van der Waals surface area contributed by atoms with Crippen molar-refractivity contribution in [2.75, 3.05) is 0 Å². The van der Waals surface area contributed by atoms with E-state index in [0.29, 0.717) is 5.75 Å². The van der Waals surface area contributed by atoms with Crippen LogP contribution in [0.4, 0.5) is 0 Å². The molecule has 1 aliphatic carbocycles. The van der Waals surface area contributed by atoms with Gasteiger partial charge in [0.15, 0.2) is 0 Å². The van der Waals surface area contributed by atoms with Gasteiger partial charge >= 0.3 is 5.97 Å². The molecule has 1 fully saturated rings. The van der Waals surface area contributed by atoms with Crippen LogP contribution in [-0.4, -0.2) is 17.2 Å². The molecule has 0 aliphatic heterocycles. The van der Waals surface area contributed by atoms with Crippen LogP contribution in [-0.2, 0) is 0 Å². The molecule has 0 bridgehead atoms. The highest BCUT2D eigenvalue weighted by Gasteiger charge is 2.23. The van der Waals surface area contributed by atoms with Gasteiger partial charge in [-0.3, -0.25) is 0 Å². The summed E-state index contributed by atoms with van der Waals surface area (Å²) < 4.78 is 6.75. The number of aromatic carboxylic acids is 1. The Morgan fingerprint density at radius 3 is 2.63 bits per heavy atom. The van der Waals surface area contributed by atoms with Crippen LogP contribution in [0.2, 0.25) is 0 Å². The Morgan fingerprint density at radius 2 is 2.05 bits per heavy atom. The summed E-state index contributed by atoms with van der Waals surface area (Å²) in [5.41, 5.74) is 0.237. The van der Waals surface area contributed by atoms with Gasteiger partial charge in [-0.25, -0.2) is 4.79 Å². The second-order valence-corrected chi connectivity index (χ2v) is 6.03. The molecule has 0 atom stereocenters. The SMILES string of the molecule is CCC1CCC(Oc2cc(Br)ccc2C(=O)O)CC1. The minimum Gasteiger partial charge on any atom is -0.489 e. The molecule has 1 aromatic carbocycles. The van der Waals surface area contributed by atoms with Crippen molar-refractivity contribution in [3.05, 3.63) is 28.2 Å². The summed E-state index contributed by atoms with van der Waals surface area (Å²) in [7, 11) is 0. The van der Waals surface area contributed by atoms with Crippen LogP contribution in [0.25, 0.3) is 0 Å². The van der Waals surface area contributed by atoms with E-state index < -0.39 is 5.97 Å². The first-order valence-electron chi connectivity index (χ1n) is 6.79. The number of benzene rings is 1. The first-order chi connectivity index (χ1) is 9.10. The maximum atomic E-state index is 11.2. The number of ether oxygens (including phenoxy) is 1. The van der Waals surface area contributed by atoms with Crippen molar-refractivity contribution in [2.45, 2.75) is 45.1 Å². The van der Waals surface area contributed by atoms with E-state index in [1.807, 2.05) is 0 Å². The Balaban J connectivity index is 2.06. The van der Waals surface area contributed by atoms with E-state index in [4.69, 9.17) is 4.74 Å². The number of carboxylic acids is 1. The summed E-state index contributed by atoms with van der Waals surface area (Å²) in [4.78, 5) is 11.2.